The van der Waals surface area contributed by atoms with E-state index in [1.807, 2.05) is 4.90 Å². The van der Waals surface area contributed by atoms with E-state index < -0.39 is 0 Å². The van der Waals surface area contributed by atoms with Gasteiger partial charge in [-0.25, -0.2) is 4.79 Å². The molecule has 0 aromatic carbocycles. The normalized spacial score (nSPS) is 29.1. The zero-order chi connectivity index (χ0) is 9.10. The van der Waals surface area contributed by atoms with Gasteiger partial charge >= 0.3 is 6.03 Å². The van der Waals surface area contributed by atoms with Crippen LogP contribution in [0.1, 0.15) is 12.8 Å². The molecule has 0 bridgehead atoms. The lowest BCUT2D eigenvalue weighted by Crippen LogP contribution is -2.39. The monoisotopic (exact) mass is 183 g/mol. The molecule has 0 aromatic heterocycles. The molecule has 4 nitrogen and oxygen atoms in total. The number of nitrogens with one attached hydrogen (secondary N) is 2. The van der Waals surface area contributed by atoms with E-state index in [2.05, 4.69) is 10.6 Å². The van der Waals surface area contributed by atoms with Gasteiger partial charge in [0.05, 0.1) is 0 Å². The molecule has 2 heterocycles. The predicted molar refractivity (Wildman–Crippen MR) is 50.6 cm³/mol. The van der Waals surface area contributed by atoms with E-state index in [9.17, 15) is 4.79 Å². The molecule has 2 aliphatic heterocycles. The molecule has 2 amide bonds. The zero-order valence-electron chi connectivity index (χ0n) is 7.88. The second kappa shape index (κ2) is 3.96. The van der Waals surface area contributed by atoms with Crippen LogP contribution in [0.5, 0.6) is 0 Å². The minimum absolute atomic E-state index is 0.116. The van der Waals surface area contributed by atoms with Crippen LogP contribution in [0.4, 0.5) is 4.79 Å². The molecule has 0 radical (unpaired) electrons. The zero-order valence-corrected chi connectivity index (χ0v) is 7.88. The average molecular weight is 183 g/mol. The Morgan fingerprint density at radius 3 is 3.00 bits per heavy atom. The number of nitrogens with zero attached hydrogens (tertiary/aromatic N) is 1. The van der Waals surface area contributed by atoms with Gasteiger partial charge in [0.15, 0.2) is 0 Å². The van der Waals surface area contributed by atoms with Crippen LogP contribution in [0.3, 0.4) is 0 Å². The Balaban J connectivity index is 1.79. The summed E-state index contributed by atoms with van der Waals surface area (Å²) in [7, 11) is 0. The molecule has 2 fully saturated rings. The van der Waals surface area contributed by atoms with E-state index in [-0.39, 0.29) is 6.03 Å². The van der Waals surface area contributed by atoms with Crippen LogP contribution >= 0.6 is 0 Å². The summed E-state index contributed by atoms with van der Waals surface area (Å²) >= 11 is 0. The van der Waals surface area contributed by atoms with Gasteiger partial charge in [-0.1, -0.05) is 0 Å². The Bertz CT molecular complexity index is 189. The topological polar surface area (TPSA) is 44.4 Å². The highest BCUT2D eigenvalue weighted by molar-refractivity contribution is 5.76. The Morgan fingerprint density at radius 2 is 2.38 bits per heavy atom. The van der Waals surface area contributed by atoms with Gasteiger partial charge < -0.3 is 15.5 Å². The number of amides is 2. The number of carbonyl (C=O) groups excluding carboxylic acids is 1. The van der Waals surface area contributed by atoms with Crippen molar-refractivity contribution in [2.24, 2.45) is 5.92 Å². The molecule has 2 rings (SSSR count). The van der Waals surface area contributed by atoms with Gasteiger partial charge in [-0.2, -0.15) is 0 Å². The first kappa shape index (κ1) is 8.81. The van der Waals surface area contributed by atoms with Gasteiger partial charge in [0.1, 0.15) is 0 Å². The minimum Gasteiger partial charge on any atom is -0.336 e. The van der Waals surface area contributed by atoms with Crippen molar-refractivity contribution < 1.29 is 4.79 Å². The summed E-state index contributed by atoms with van der Waals surface area (Å²) in [5.74, 6) is 0.664. The molecule has 74 valence electrons. The van der Waals surface area contributed by atoms with Crippen molar-refractivity contribution >= 4 is 6.03 Å². The molecular formula is C9H17N3O. The first-order valence-electron chi connectivity index (χ1n) is 5.10. The quantitative estimate of drug-likeness (QED) is 0.633. The Hall–Kier alpha value is -0.770. The Morgan fingerprint density at radius 1 is 1.46 bits per heavy atom. The molecule has 4 heteroatoms. The standard InChI is InChI=1S/C9H17N3O/c13-9-11-4-5-12(9)7-8-2-1-3-10-6-8/h8,10H,1-7H2,(H,11,13). The Labute approximate surface area is 78.7 Å². The highest BCUT2D eigenvalue weighted by atomic mass is 16.2. The van der Waals surface area contributed by atoms with Crippen molar-refractivity contribution in [1.82, 2.24) is 15.5 Å². The summed E-state index contributed by atoms with van der Waals surface area (Å²) in [5.41, 5.74) is 0. The van der Waals surface area contributed by atoms with Crippen molar-refractivity contribution in [1.29, 1.82) is 0 Å². The summed E-state index contributed by atoms with van der Waals surface area (Å²) in [5, 5.41) is 6.19. The molecule has 0 saturated carbocycles. The second-order valence-corrected chi connectivity index (χ2v) is 3.89. The van der Waals surface area contributed by atoms with E-state index in [1.54, 1.807) is 0 Å². The van der Waals surface area contributed by atoms with Crippen molar-refractivity contribution in [2.45, 2.75) is 12.8 Å². The maximum atomic E-state index is 11.2. The number of rotatable bonds is 2. The van der Waals surface area contributed by atoms with Crippen molar-refractivity contribution in [3.63, 3.8) is 0 Å². The van der Waals surface area contributed by atoms with Gasteiger partial charge in [-0.3, -0.25) is 0 Å². The lowest BCUT2D eigenvalue weighted by molar-refractivity contribution is 0.202. The minimum atomic E-state index is 0.116. The fraction of sp³-hybridized carbons (Fsp3) is 0.889. The second-order valence-electron chi connectivity index (χ2n) is 3.89. The molecule has 0 spiro atoms. The highest BCUT2D eigenvalue weighted by Gasteiger charge is 2.23. The number of urea groups is 1. The molecule has 0 aromatic rings. The SMILES string of the molecule is O=C1NCCN1CC1CCCNC1. The number of carbonyl (C=O) groups is 1. The third kappa shape index (κ3) is 2.12. The number of hydrogen-bond acceptors (Lipinski definition) is 2. The summed E-state index contributed by atoms with van der Waals surface area (Å²) < 4.78 is 0. The maximum absolute atomic E-state index is 11.2. The third-order valence-electron chi connectivity index (χ3n) is 2.82. The molecule has 2 N–H and O–H groups in total. The van der Waals surface area contributed by atoms with Crippen LogP contribution in [-0.4, -0.2) is 43.7 Å². The maximum Gasteiger partial charge on any atom is 0.317 e. The number of piperidine rings is 1. The van der Waals surface area contributed by atoms with Crippen molar-refractivity contribution in [3.05, 3.63) is 0 Å². The first-order valence-corrected chi connectivity index (χ1v) is 5.10. The highest BCUT2D eigenvalue weighted by Crippen LogP contribution is 2.12. The van der Waals surface area contributed by atoms with E-state index in [1.165, 1.54) is 12.8 Å². The molecule has 2 aliphatic rings. The van der Waals surface area contributed by atoms with Gasteiger partial charge in [0.25, 0.3) is 0 Å². The smallest absolute Gasteiger partial charge is 0.317 e. The van der Waals surface area contributed by atoms with Crippen molar-refractivity contribution in [3.8, 4) is 0 Å². The van der Waals surface area contributed by atoms with Gasteiger partial charge in [0.2, 0.25) is 0 Å². The lowest BCUT2D eigenvalue weighted by atomic mass is 9.99. The van der Waals surface area contributed by atoms with Crippen LogP contribution in [-0.2, 0) is 0 Å². The predicted octanol–water partition coefficient (Wildman–Crippen LogP) is 0.0112. The average Bonchev–Trinajstić information content (AvgIpc) is 2.54. The third-order valence-corrected chi connectivity index (χ3v) is 2.82. The molecule has 0 aliphatic carbocycles. The molecular weight excluding hydrogens is 166 g/mol. The first-order chi connectivity index (χ1) is 6.36. The van der Waals surface area contributed by atoms with Crippen LogP contribution in [0.15, 0.2) is 0 Å². The summed E-state index contributed by atoms with van der Waals surface area (Å²) in [6.07, 6.45) is 2.51. The summed E-state index contributed by atoms with van der Waals surface area (Å²) in [6, 6.07) is 0.116. The Kier molecular flexibility index (Phi) is 2.68. The fourth-order valence-corrected chi connectivity index (χ4v) is 2.08. The van der Waals surface area contributed by atoms with Gasteiger partial charge in [-0.15, -0.1) is 0 Å². The van der Waals surface area contributed by atoms with Crippen LogP contribution in [0.25, 0.3) is 0 Å². The van der Waals surface area contributed by atoms with E-state index in [0.29, 0.717) is 5.92 Å². The van der Waals surface area contributed by atoms with Crippen molar-refractivity contribution in [2.75, 3.05) is 32.7 Å². The lowest BCUT2D eigenvalue weighted by Gasteiger charge is -2.26. The van der Waals surface area contributed by atoms with Crippen LogP contribution in [0, 0.1) is 5.92 Å². The summed E-state index contributed by atoms with van der Waals surface area (Å²) in [4.78, 5) is 13.2. The van der Waals surface area contributed by atoms with E-state index >= 15 is 0 Å². The van der Waals surface area contributed by atoms with Crippen LogP contribution in [0.2, 0.25) is 0 Å². The van der Waals surface area contributed by atoms with Gasteiger partial charge in [-0.05, 0) is 31.8 Å². The molecule has 2 saturated heterocycles. The largest absolute Gasteiger partial charge is 0.336 e. The molecule has 1 atom stereocenters. The van der Waals surface area contributed by atoms with E-state index in [0.717, 1.165) is 32.7 Å². The summed E-state index contributed by atoms with van der Waals surface area (Å²) in [6.45, 7) is 4.85. The fourth-order valence-electron chi connectivity index (χ4n) is 2.08. The molecule has 1 unspecified atom stereocenters. The van der Waals surface area contributed by atoms with E-state index in [4.69, 9.17) is 0 Å². The van der Waals surface area contributed by atoms with Crippen LogP contribution < -0.4 is 10.6 Å². The number of hydrogen-bond donors (Lipinski definition) is 2. The molecule has 13 heavy (non-hydrogen) atoms. The van der Waals surface area contributed by atoms with Gasteiger partial charge in [0, 0.05) is 19.6 Å².